The molecule has 2 aromatic heterocycles. The zero-order valence-corrected chi connectivity index (χ0v) is 24.3. The lowest BCUT2D eigenvalue weighted by molar-refractivity contribution is -0.112. The summed E-state index contributed by atoms with van der Waals surface area (Å²) in [7, 11) is 1.86. The minimum Gasteiger partial charge on any atom is -0.399 e. The van der Waals surface area contributed by atoms with Gasteiger partial charge in [0.05, 0.1) is 11.3 Å². The summed E-state index contributed by atoms with van der Waals surface area (Å²) in [6, 6.07) is 23.1. The number of anilines is 3. The number of aromatic amines is 1. The van der Waals surface area contributed by atoms with Crippen LogP contribution < -0.4 is 21.7 Å². The quantitative estimate of drug-likeness (QED) is 0.0863. The second-order valence-corrected chi connectivity index (χ2v) is 9.71. The van der Waals surface area contributed by atoms with E-state index in [9.17, 15) is 9.59 Å². The van der Waals surface area contributed by atoms with E-state index < -0.39 is 0 Å². The number of nitrogens with zero attached hydrogens (tertiary/aromatic N) is 1. The van der Waals surface area contributed by atoms with Crippen molar-refractivity contribution < 1.29 is 14.4 Å². The molecule has 0 aliphatic carbocycles. The largest absolute Gasteiger partial charge is 0.399 e. The molecule has 0 spiro atoms. The molecule has 3 aromatic carbocycles. The number of hydrogen-bond donors (Lipinski definition) is 5. The molecule has 9 heteroatoms. The topological polar surface area (TPSA) is 142 Å². The summed E-state index contributed by atoms with van der Waals surface area (Å²) in [6.45, 7) is 7.31. The van der Waals surface area contributed by atoms with Crippen LogP contribution in [0, 0.1) is 6.92 Å². The highest BCUT2D eigenvalue weighted by Crippen LogP contribution is 2.39. The van der Waals surface area contributed by atoms with Gasteiger partial charge in [-0.3, -0.25) is 9.59 Å². The van der Waals surface area contributed by atoms with Gasteiger partial charge in [-0.05, 0) is 78.6 Å². The number of nitrogen functional groups attached to an aromatic ring is 1. The molecule has 0 aliphatic heterocycles. The van der Waals surface area contributed by atoms with E-state index in [0.29, 0.717) is 29.1 Å². The van der Waals surface area contributed by atoms with Crippen molar-refractivity contribution in [3.05, 3.63) is 108 Å². The first kappa shape index (κ1) is 30.3. The number of H-pyrrole nitrogens is 1. The van der Waals surface area contributed by atoms with Gasteiger partial charge in [0, 0.05) is 47.8 Å². The normalized spacial score (nSPS) is 10.3. The summed E-state index contributed by atoms with van der Waals surface area (Å²) in [6.07, 6.45) is 3.56. The van der Waals surface area contributed by atoms with Crippen molar-refractivity contribution in [2.24, 2.45) is 0 Å². The number of fused-ring (bicyclic) bond motifs is 1. The molecule has 2 heterocycles. The first-order valence-electron chi connectivity index (χ1n) is 13.6. The van der Waals surface area contributed by atoms with Crippen molar-refractivity contribution >= 4 is 46.2 Å². The van der Waals surface area contributed by atoms with Gasteiger partial charge < -0.3 is 31.5 Å². The molecule has 6 N–H and O–H groups in total. The van der Waals surface area contributed by atoms with Crippen molar-refractivity contribution in [1.29, 1.82) is 0 Å². The first-order chi connectivity index (χ1) is 20.8. The van der Waals surface area contributed by atoms with Gasteiger partial charge in [-0.1, -0.05) is 43.0 Å². The Hall–Kier alpha value is -5.70. The number of aromatic nitrogens is 2. The van der Waals surface area contributed by atoms with Crippen molar-refractivity contribution in [3.8, 4) is 22.4 Å². The summed E-state index contributed by atoms with van der Waals surface area (Å²) >= 11 is 0. The first-order valence-corrected chi connectivity index (χ1v) is 13.6. The number of nitrogens with one attached hydrogen (secondary N) is 4. The number of nitrogens with two attached hydrogens (primary N) is 1. The predicted molar refractivity (Wildman–Crippen MR) is 174 cm³/mol. The molecule has 2 amide bonds. The van der Waals surface area contributed by atoms with Crippen LogP contribution >= 0.6 is 0 Å². The molecule has 0 radical (unpaired) electrons. The highest BCUT2D eigenvalue weighted by Gasteiger charge is 2.19. The van der Waals surface area contributed by atoms with Crippen molar-refractivity contribution in [2.45, 2.75) is 20.4 Å². The lowest BCUT2D eigenvalue weighted by atomic mass is 9.96. The van der Waals surface area contributed by atoms with Crippen LogP contribution in [0.3, 0.4) is 0 Å². The summed E-state index contributed by atoms with van der Waals surface area (Å²) in [5, 5.41) is 9.76. The molecular weight excluding hydrogens is 540 g/mol. The maximum absolute atomic E-state index is 13.2. The molecule has 0 atom stereocenters. The van der Waals surface area contributed by atoms with Gasteiger partial charge in [-0.2, -0.15) is 0 Å². The van der Waals surface area contributed by atoms with E-state index in [2.05, 4.69) is 32.5 Å². The SMILES string of the molecule is C=CC(=O)Nc1cc(-c2c(-c3ccc(N)cc3)[nH]c3ncc(C(=O)NCc4cccc(NC)c4)cc23)ccc1C.CC=O. The smallest absolute Gasteiger partial charge is 0.253 e. The van der Waals surface area contributed by atoms with Crippen LogP contribution in [0.4, 0.5) is 17.1 Å². The summed E-state index contributed by atoms with van der Waals surface area (Å²) in [4.78, 5) is 42.1. The number of hydrogen-bond acceptors (Lipinski definition) is 6. The Balaban J connectivity index is 0.00000135. The molecule has 218 valence electrons. The fourth-order valence-electron chi connectivity index (χ4n) is 4.58. The Kier molecular flexibility index (Phi) is 9.70. The van der Waals surface area contributed by atoms with Crippen molar-refractivity contribution in [1.82, 2.24) is 15.3 Å². The highest BCUT2D eigenvalue weighted by atomic mass is 16.2. The highest BCUT2D eigenvalue weighted by molar-refractivity contribution is 6.07. The van der Waals surface area contributed by atoms with Crippen molar-refractivity contribution in [3.63, 3.8) is 0 Å². The maximum Gasteiger partial charge on any atom is 0.253 e. The monoisotopic (exact) mass is 574 g/mol. The second-order valence-electron chi connectivity index (χ2n) is 9.71. The zero-order chi connectivity index (χ0) is 30.9. The lowest BCUT2D eigenvalue weighted by Gasteiger charge is -2.12. The van der Waals surface area contributed by atoms with E-state index in [1.165, 1.54) is 13.0 Å². The summed E-state index contributed by atoms with van der Waals surface area (Å²) < 4.78 is 0. The number of aldehydes is 1. The summed E-state index contributed by atoms with van der Waals surface area (Å²) in [5.74, 6) is -0.521. The van der Waals surface area contributed by atoms with E-state index in [0.717, 1.165) is 50.9 Å². The minimum atomic E-state index is -0.293. The van der Waals surface area contributed by atoms with E-state index in [-0.39, 0.29) is 11.8 Å². The average molecular weight is 575 g/mol. The molecule has 0 aliphatic rings. The lowest BCUT2D eigenvalue weighted by Crippen LogP contribution is -2.22. The van der Waals surface area contributed by atoms with Crippen LogP contribution in [-0.2, 0) is 16.1 Å². The molecule has 0 bridgehead atoms. The standard InChI is InChI=1S/C32H30N6O2.C2H4O/c1-4-28(39)37-27-16-22(9-8-19(27)2)29-26-15-23(32(40)36-17-20-6-5-7-25(14-20)34-3)18-35-31(26)38-30(29)21-10-12-24(33)13-11-21;1-2-3/h4-16,18,34H,1,17,33H2,2-3H3,(H,35,38)(H,36,40)(H,37,39);2H,1H3. The van der Waals surface area contributed by atoms with Crippen LogP contribution in [0.5, 0.6) is 0 Å². The number of carbonyl (C=O) groups excluding carboxylic acids is 3. The number of aryl methyl sites for hydroxylation is 1. The van der Waals surface area contributed by atoms with Gasteiger partial charge in [-0.15, -0.1) is 0 Å². The van der Waals surface area contributed by atoms with Gasteiger partial charge >= 0.3 is 0 Å². The Bertz CT molecular complexity index is 1790. The Morgan fingerprint density at radius 2 is 1.74 bits per heavy atom. The van der Waals surface area contributed by atoms with Crippen LogP contribution in [0.25, 0.3) is 33.4 Å². The number of benzene rings is 3. The van der Waals surface area contributed by atoms with Gasteiger partial charge in [0.2, 0.25) is 5.91 Å². The molecule has 9 nitrogen and oxygen atoms in total. The van der Waals surface area contributed by atoms with Crippen LogP contribution in [0.1, 0.15) is 28.4 Å². The van der Waals surface area contributed by atoms with E-state index in [1.807, 2.05) is 86.8 Å². The Morgan fingerprint density at radius 3 is 2.44 bits per heavy atom. The maximum atomic E-state index is 13.2. The van der Waals surface area contributed by atoms with Crippen LogP contribution in [0.15, 0.2) is 91.6 Å². The van der Waals surface area contributed by atoms with E-state index in [4.69, 9.17) is 10.5 Å². The second kappa shape index (κ2) is 13.8. The third kappa shape index (κ3) is 7.15. The molecule has 0 saturated heterocycles. The Labute approximate surface area is 250 Å². The number of amides is 2. The fourth-order valence-corrected chi connectivity index (χ4v) is 4.58. The molecule has 5 aromatic rings. The van der Waals surface area contributed by atoms with E-state index >= 15 is 0 Å². The molecule has 0 fully saturated rings. The molecule has 0 saturated carbocycles. The van der Waals surface area contributed by atoms with Gasteiger partial charge in [-0.25, -0.2) is 4.98 Å². The van der Waals surface area contributed by atoms with Gasteiger partial charge in [0.1, 0.15) is 11.9 Å². The van der Waals surface area contributed by atoms with Crippen LogP contribution in [0.2, 0.25) is 0 Å². The molecule has 43 heavy (non-hydrogen) atoms. The van der Waals surface area contributed by atoms with Crippen LogP contribution in [-0.4, -0.2) is 35.1 Å². The zero-order valence-electron chi connectivity index (χ0n) is 24.3. The number of pyridine rings is 1. The number of rotatable bonds is 8. The van der Waals surface area contributed by atoms with Gasteiger partial charge in [0.15, 0.2) is 0 Å². The molecule has 5 rings (SSSR count). The van der Waals surface area contributed by atoms with E-state index in [1.54, 1.807) is 6.20 Å². The third-order valence-electron chi connectivity index (χ3n) is 6.75. The Morgan fingerprint density at radius 1 is 1.02 bits per heavy atom. The minimum absolute atomic E-state index is 0.228. The van der Waals surface area contributed by atoms with Gasteiger partial charge in [0.25, 0.3) is 5.91 Å². The fraction of sp³-hybridized carbons (Fsp3) is 0.118. The van der Waals surface area contributed by atoms with Crippen molar-refractivity contribution in [2.75, 3.05) is 23.4 Å². The molecule has 0 unspecified atom stereocenters. The average Bonchev–Trinajstić information content (AvgIpc) is 3.40. The molecular formula is C34H34N6O3. The predicted octanol–water partition coefficient (Wildman–Crippen LogP) is 6.09. The third-order valence-corrected chi connectivity index (χ3v) is 6.75. The summed E-state index contributed by atoms with van der Waals surface area (Å²) in [5.41, 5.74) is 14.7. The number of carbonyl (C=O) groups is 3.